The lowest BCUT2D eigenvalue weighted by atomic mass is 9.96. The van der Waals surface area contributed by atoms with Crippen LogP contribution >= 0.6 is 24.0 Å². The average molecular weight is 502 g/mol. The summed E-state index contributed by atoms with van der Waals surface area (Å²) in [6.07, 6.45) is 1.80. The number of nitrogens with one attached hydrogen (secondary N) is 2. The Labute approximate surface area is 212 Å². The van der Waals surface area contributed by atoms with E-state index >= 15 is 0 Å². The fourth-order valence-electron chi connectivity index (χ4n) is 4.45. The fraction of sp³-hybridized carbons (Fsp3) is 0.154. The predicted octanol–water partition coefficient (Wildman–Crippen LogP) is 6.26. The van der Waals surface area contributed by atoms with Gasteiger partial charge in [0, 0.05) is 45.2 Å². The summed E-state index contributed by atoms with van der Waals surface area (Å²) < 4.78 is 0. The molecular weight excluding hydrogens is 478 g/mol. The number of nitrogens with zero attached hydrogens (tertiary/aromatic N) is 3. The molecule has 2 atom stereocenters. The van der Waals surface area contributed by atoms with E-state index in [1.54, 1.807) is 30.1 Å². The quantitative estimate of drug-likeness (QED) is 0.183. The number of nitro groups is 1. The van der Waals surface area contributed by atoms with Crippen LogP contribution in [0.4, 0.5) is 11.4 Å². The van der Waals surface area contributed by atoms with Gasteiger partial charge in [-0.2, -0.15) is 0 Å². The van der Waals surface area contributed by atoms with Crippen LogP contribution < -0.4 is 10.2 Å². The normalized spacial score (nSPS) is 17.4. The molecule has 0 spiro atoms. The van der Waals surface area contributed by atoms with Gasteiger partial charge in [-0.3, -0.25) is 15.1 Å². The van der Waals surface area contributed by atoms with E-state index in [-0.39, 0.29) is 17.8 Å². The standard InChI is InChI=1S/C26H23N5O2S2/c1-16-15-22(17(2)28-16)25-24(23-5-3-4-14-27-23)29-26(34)30(25)18-6-10-20(11-7-18)35-21-12-8-19(9-13-21)31(32)33/h3-15,24-25,28H,1-2H3,(H,29,34). The van der Waals surface area contributed by atoms with Gasteiger partial charge in [0.15, 0.2) is 5.11 Å². The molecule has 1 fully saturated rings. The molecule has 5 rings (SSSR count). The Morgan fingerprint density at radius 2 is 1.71 bits per heavy atom. The van der Waals surface area contributed by atoms with E-state index in [0.29, 0.717) is 5.11 Å². The van der Waals surface area contributed by atoms with E-state index < -0.39 is 4.92 Å². The number of benzene rings is 2. The van der Waals surface area contributed by atoms with Crippen molar-refractivity contribution in [2.45, 2.75) is 35.7 Å². The minimum atomic E-state index is -0.390. The highest BCUT2D eigenvalue weighted by molar-refractivity contribution is 7.99. The number of nitro benzene ring substituents is 1. The molecular formula is C26H23N5O2S2. The molecule has 0 saturated carbocycles. The summed E-state index contributed by atoms with van der Waals surface area (Å²) in [5, 5.41) is 15.0. The maximum atomic E-state index is 10.9. The smallest absolute Gasteiger partial charge is 0.269 e. The van der Waals surface area contributed by atoms with Crippen LogP contribution in [0.2, 0.25) is 0 Å². The number of thiocarbonyl (C=S) groups is 1. The molecule has 2 aromatic carbocycles. The van der Waals surface area contributed by atoms with Gasteiger partial charge in [-0.15, -0.1) is 0 Å². The summed E-state index contributed by atoms with van der Waals surface area (Å²) in [5.74, 6) is 0. The molecule has 2 aromatic heterocycles. The number of aryl methyl sites for hydroxylation is 2. The van der Waals surface area contributed by atoms with Crippen LogP contribution in [0.5, 0.6) is 0 Å². The van der Waals surface area contributed by atoms with Crippen molar-refractivity contribution < 1.29 is 4.92 Å². The molecule has 4 aromatic rings. The Hall–Kier alpha value is -3.69. The topological polar surface area (TPSA) is 87.1 Å². The molecule has 35 heavy (non-hydrogen) atoms. The van der Waals surface area contributed by atoms with E-state index in [9.17, 15) is 10.1 Å². The highest BCUT2D eigenvalue weighted by Crippen LogP contribution is 2.43. The number of aromatic nitrogens is 2. The van der Waals surface area contributed by atoms with Crippen molar-refractivity contribution in [2.24, 2.45) is 0 Å². The van der Waals surface area contributed by atoms with Gasteiger partial charge < -0.3 is 15.2 Å². The van der Waals surface area contributed by atoms with E-state index in [0.717, 1.165) is 32.6 Å². The lowest BCUT2D eigenvalue weighted by molar-refractivity contribution is -0.384. The van der Waals surface area contributed by atoms with Crippen LogP contribution in [-0.4, -0.2) is 20.0 Å². The van der Waals surface area contributed by atoms with Crippen LogP contribution in [-0.2, 0) is 0 Å². The second-order valence-corrected chi connectivity index (χ2v) is 9.91. The largest absolute Gasteiger partial charge is 0.362 e. The van der Waals surface area contributed by atoms with Gasteiger partial charge in [0.25, 0.3) is 5.69 Å². The second-order valence-electron chi connectivity index (χ2n) is 8.38. The summed E-state index contributed by atoms with van der Waals surface area (Å²) in [4.78, 5) is 22.7. The number of aromatic amines is 1. The molecule has 0 radical (unpaired) electrons. The van der Waals surface area contributed by atoms with Gasteiger partial charge in [0.05, 0.1) is 22.7 Å². The number of pyridine rings is 1. The van der Waals surface area contributed by atoms with Gasteiger partial charge in [-0.1, -0.05) is 17.8 Å². The van der Waals surface area contributed by atoms with Gasteiger partial charge in [-0.25, -0.2) is 0 Å². The molecule has 0 amide bonds. The number of rotatable bonds is 6. The van der Waals surface area contributed by atoms with Gasteiger partial charge in [-0.05, 0) is 86.2 Å². The minimum absolute atomic E-state index is 0.0597. The predicted molar refractivity (Wildman–Crippen MR) is 142 cm³/mol. The highest BCUT2D eigenvalue weighted by atomic mass is 32.2. The number of H-pyrrole nitrogens is 1. The van der Waals surface area contributed by atoms with Crippen molar-refractivity contribution in [3.05, 3.63) is 112 Å². The molecule has 7 nitrogen and oxygen atoms in total. The van der Waals surface area contributed by atoms with Crippen LogP contribution in [0, 0.1) is 24.0 Å². The van der Waals surface area contributed by atoms with Gasteiger partial charge >= 0.3 is 0 Å². The summed E-state index contributed by atoms with van der Waals surface area (Å²) in [6, 6.07) is 22.7. The average Bonchev–Trinajstić information content (AvgIpc) is 3.38. The first kappa shape index (κ1) is 23.1. The van der Waals surface area contributed by atoms with Gasteiger partial charge in [0.1, 0.15) is 0 Å². The third kappa shape index (κ3) is 4.65. The Bertz CT molecular complexity index is 1370. The zero-order valence-corrected chi connectivity index (χ0v) is 20.8. The fourth-order valence-corrected chi connectivity index (χ4v) is 5.61. The van der Waals surface area contributed by atoms with Crippen molar-refractivity contribution in [3.8, 4) is 0 Å². The highest BCUT2D eigenvalue weighted by Gasteiger charge is 2.41. The first-order chi connectivity index (χ1) is 16.9. The van der Waals surface area contributed by atoms with E-state index in [1.807, 2.05) is 30.3 Å². The Morgan fingerprint density at radius 1 is 1.03 bits per heavy atom. The first-order valence-electron chi connectivity index (χ1n) is 11.1. The minimum Gasteiger partial charge on any atom is -0.362 e. The number of hydrogen-bond donors (Lipinski definition) is 2. The molecule has 1 aliphatic heterocycles. The molecule has 0 aliphatic carbocycles. The molecule has 3 heterocycles. The zero-order valence-electron chi connectivity index (χ0n) is 19.1. The van der Waals surface area contributed by atoms with E-state index in [1.165, 1.54) is 17.7 Å². The summed E-state index contributed by atoms with van der Waals surface area (Å²) in [6.45, 7) is 4.14. The SMILES string of the molecule is Cc1cc(C2C(c3ccccn3)NC(=S)N2c2ccc(Sc3ccc([N+](=O)[O-])cc3)cc2)c(C)[nH]1. The third-order valence-electron chi connectivity index (χ3n) is 6.00. The number of non-ortho nitro benzene ring substituents is 1. The molecule has 176 valence electrons. The van der Waals surface area contributed by atoms with Crippen LogP contribution in [0.3, 0.4) is 0 Å². The lowest BCUT2D eigenvalue weighted by Gasteiger charge is -2.28. The zero-order chi connectivity index (χ0) is 24.5. The maximum absolute atomic E-state index is 10.9. The third-order valence-corrected chi connectivity index (χ3v) is 7.33. The van der Waals surface area contributed by atoms with Crippen LogP contribution in [0.25, 0.3) is 0 Å². The summed E-state index contributed by atoms with van der Waals surface area (Å²) in [7, 11) is 0. The summed E-state index contributed by atoms with van der Waals surface area (Å²) >= 11 is 7.37. The van der Waals surface area contributed by atoms with Crippen molar-refractivity contribution in [1.29, 1.82) is 0 Å². The van der Waals surface area contributed by atoms with Crippen molar-refractivity contribution in [1.82, 2.24) is 15.3 Å². The molecule has 1 saturated heterocycles. The van der Waals surface area contributed by atoms with E-state index in [4.69, 9.17) is 12.2 Å². The van der Waals surface area contributed by atoms with Crippen molar-refractivity contribution >= 4 is 40.5 Å². The molecule has 0 bridgehead atoms. The number of hydrogen-bond acceptors (Lipinski definition) is 5. The lowest BCUT2D eigenvalue weighted by Crippen LogP contribution is -2.29. The summed E-state index contributed by atoms with van der Waals surface area (Å²) in [5.41, 5.74) is 5.39. The first-order valence-corrected chi connectivity index (χ1v) is 12.3. The van der Waals surface area contributed by atoms with Crippen molar-refractivity contribution in [2.75, 3.05) is 4.90 Å². The Balaban J connectivity index is 1.45. The van der Waals surface area contributed by atoms with Crippen LogP contribution in [0.15, 0.2) is 88.8 Å². The molecule has 2 unspecified atom stereocenters. The van der Waals surface area contributed by atoms with E-state index in [2.05, 4.69) is 52.2 Å². The van der Waals surface area contributed by atoms with Crippen LogP contribution in [0.1, 0.15) is 34.7 Å². The number of anilines is 1. The Kier molecular flexibility index (Phi) is 6.27. The Morgan fingerprint density at radius 3 is 2.29 bits per heavy atom. The monoisotopic (exact) mass is 501 g/mol. The van der Waals surface area contributed by atoms with Gasteiger partial charge in [0.2, 0.25) is 0 Å². The molecule has 1 aliphatic rings. The molecule has 9 heteroatoms. The molecule has 2 N–H and O–H groups in total. The van der Waals surface area contributed by atoms with Crippen molar-refractivity contribution in [3.63, 3.8) is 0 Å². The second kappa shape index (κ2) is 9.52. The maximum Gasteiger partial charge on any atom is 0.269 e.